The van der Waals surface area contributed by atoms with Crippen molar-refractivity contribution in [2.75, 3.05) is 5.32 Å². The Kier molecular flexibility index (Phi) is 6.18. The molecule has 0 aliphatic carbocycles. The number of halogens is 1. The van der Waals surface area contributed by atoms with Gasteiger partial charge in [-0.1, -0.05) is 42.5 Å². The zero-order chi connectivity index (χ0) is 20.1. The number of benzene rings is 3. The first kappa shape index (κ1) is 19.7. The molecule has 0 saturated carbocycles. The molecule has 140 valence electrons. The lowest BCUT2D eigenvalue weighted by Gasteiger charge is -2.12. The quantitative estimate of drug-likeness (QED) is 0.486. The number of carboxylic acids is 1. The molecule has 0 radical (unpaired) electrons. The summed E-state index contributed by atoms with van der Waals surface area (Å²) in [6.45, 7) is 0. The number of carboxylic acid groups (broad SMARTS) is 1. The monoisotopic (exact) mass is 454 g/mol. The molecule has 3 aromatic rings. The molecule has 0 aromatic heterocycles. The van der Waals surface area contributed by atoms with Crippen LogP contribution in [0.25, 0.3) is 11.1 Å². The summed E-state index contributed by atoms with van der Waals surface area (Å²) in [7, 11) is 0. The van der Waals surface area contributed by atoms with Gasteiger partial charge in [-0.2, -0.15) is 0 Å². The van der Waals surface area contributed by atoms with Gasteiger partial charge >= 0.3 is 5.97 Å². The number of thiocarbonyl (C=S) groups is 1. The smallest absolute Gasteiger partial charge is 0.335 e. The number of carbonyl (C=O) groups excluding carboxylic acids is 1. The standard InChI is InChI=1S/C21H15BrN2O3S/c22-17-11-10-16(20(26)27)12-18(17)23-21(28)24-19(25)15-8-6-14(7-9-15)13-4-2-1-3-5-13/h1-12H,(H,26,27)(H2,23,24,25,28). The molecule has 1 amide bonds. The Morgan fingerprint density at radius 2 is 1.46 bits per heavy atom. The van der Waals surface area contributed by atoms with Crippen LogP contribution in [0.1, 0.15) is 20.7 Å². The first-order chi connectivity index (χ1) is 13.4. The van der Waals surface area contributed by atoms with Crippen molar-refractivity contribution in [1.82, 2.24) is 5.32 Å². The second kappa shape index (κ2) is 8.77. The van der Waals surface area contributed by atoms with Gasteiger partial charge in [-0.05, 0) is 69.6 Å². The van der Waals surface area contributed by atoms with Gasteiger partial charge in [0, 0.05) is 10.0 Å². The lowest BCUT2D eigenvalue weighted by atomic mass is 10.0. The molecule has 0 aliphatic heterocycles. The van der Waals surface area contributed by atoms with Gasteiger partial charge < -0.3 is 10.4 Å². The van der Waals surface area contributed by atoms with Crippen LogP contribution in [0.3, 0.4) is 0 Å². The predicted molar refractivity (Wildman–Crippen MR) is 117 cm³/mol. The van der Waals surface area contributed by atoms with Crippen molar-refractivity contribution in [3.05, 3.63) is 88.4 Å². The van der Waals surface area contributed by atoms with Crippen molar-refractivity contribution in [1.29, 1.82) is 0 Å². The number of rotatable bonds is 4. The van der Waals surface area contributed by atoms with E-state index in [2.05, 4.69) is 26.6 Å². The Bertz CT molecular complexity index is 1040. The highest BCUT2D eigenvalue weighted by molar-refractivity contribution is 9.10. The molecule has 5 nitrogen and oxygen atoms in total. The molecule has 0 bridgehead atoms. The van der Waals surface area contributed by atoms with E-state index in [1.165, 1.54) is 12.1 Å². The predicted octanol–water partition coefficient (Wildman–Crippen LogP) is 4.94. The van der Waals surface area contributed by atoms with E-state index in [0.717, 1.165) is 11.1 Å². The van der Waals surface area contributed by atoms with Crippen LogP contribution in [0.2, 0.25) is 0 Å². The summed E-state index contributed by atoms with van der Waals surface area (Å²) < 4.78 is 0.626. The summed E-state index contributed by atoms with van der Waals surface area (Å²) in [5, 5.41) is 14.6. The molecule has 0 aliphatic rings. The molecule has 0 fully saturated rings. The fourth-order valence-electron chi connectivity index (χ4n) is 2.53. The van der Waals surface area contributed by atoms with Crippen molar-refractivity contribution in [2.24, 2.45) is 0 Å². The van der Waals surface area contributed by atoms with Gasteiger partial charge in [0.2, 0.25) is 0 Å². The van der Waals surface area contributed by atoms with Crippen LogP contribution in [0.4, 0.5) is 5.69 Å². The van der Waals surface area contributed by atoms with Crippen molar-refractivity contribution in [3.8, 4) is 11.1 Å². The van der Waals surface area contributed by atoms with E-state index in [4.69, 9.17) is 17.3 Å². The van der Waals surface area contributed by atoms with Crippen LogP contribution in [-0.2, 0) is 0 Å². The number of amides is 1. The maximum Gasteiger partial charge on any atom is 0.335 e. The maximum atomic E-state index is 12.4. The molecule has 3 aromatic carbocycles. The number of hydrogen-bond donors (Lipinski definition) is 3. The van der Waals surface area contributed by atoms with Gasteiger partial charge in [0.1, 0.15) is 0 Å². The molecule has 0 heterocycles. The van der Waals surface area contributed by atoms with Crippen LogP contribution in [0, 0.1) is 0 Å². The first-order valence-electron chi connectivity index (χ1n) is 8.25. The van der Waals surface area contributed by atoms with Crippen LogP contribution in [-0.4, -0.2) is 22.1 Å². The van der Waals surface area contributed by atoms with Crippen molar-refractivity contribution in [3.63, 3.8) is 0 Å². The fraction of sp³-hybridized carbons (Fsp3) is 0. The minimum absolute atomic E-state index is 0.0698. The molecule has 7 heteroatoms. The topological polar surface area (TPSA) is 78.4 Å². The minimum Gasteiger partial charge on any atom is -0.478 e. The molecular formula is C21H15BrN2O3S. The van der Waals surface area contributed by atoms with Gasteiger partial charge in [0.05, 0.1) is 11.3 Å². The summed E-state index contributed by atoms with van der Waals surface area (Å²) in [4.78, 5) is 23.5. The SMILES string of the molecule is O=C(O)c1ccc(Br)c(NC(=S)NC(=O)c2ccc(-c3ccccc3)cc2)c1. The molecular weight excluding hydrogens is 440 g/mol. The molecule has 0 atom stereocenters. The van der Waals surface area contributed by atoms with Gasteiger partial charge in [-0.3, -0.25) is 10.1 Å². The highest BCUT2D eigenvalue weighted by Gasteiger charge is 2.11. The maximum absolute atomic E-state index is 12.4. The third-order valence-corrected chi connectivity index (χ3v) is 4.84. The van der Waals surface area contributed by atoms with E-state index < -0.39 is 5.97 Å². The minimum atomic E-state index is -1.05. The van der Waals surface area contributed by atoms with E-state index in [0.29, 0.717) is 15.7 Å². The Morgan fingerprint density at radius 3 is 2.11 bits per heavy atom. The van der Waals surface area contributed by atoms with Crippen molar-refractivity contribution in [2.45, 2.75) is 0 Å². The third-order valence-electron chi connectivity index (χ3n) is 3.94. The summed E-state index contributed by atoms with van der Waals surface area (Å²) in [5.74, 6) is -1.41. The summed E-state index contributed by atoms with van der Waals surface area (Å²) >= 11 is 8.49. The Morgan fingerprint density at radius 1 is 0.857 bits per heavy atom. The van der Waals surface area contributed by atoms with Crippen LogP contribution in [0.15, 0.2) is 77.3 Å². The molecule has 0 spiro atoms. The molecule has 3 N–H and O–H groups in total. The Balaban J connectivity index is 1.67. The third kappa shape index (κ3) is 4.82. The summed E-state index contributed by atoms with van der Waals surface area (Å²) in [6.07, 6.45) is 0. The summed E-state index contributed by atoms with van der Waals surface area (Å²) in [5.41, 5.74) is 3.09. The largest absolute Gasteiger partial charge is 0.478 e. The van der Waals surface area contributed by atoms with E-state index >= 15 is 0 Å². The number of hydrogen-bond acceptors (Lipinski definition) is 3. The van der Waals surface area contributed by atoms with Crippen molar-refractivity contribution >= 4 is 50.8 Å². The van der Waals surface area contributed by atoms with Gasteiger partial charge in [-0.25, -0.2) is 4.79 Å². The Labute approximate surface area is 175 Å². The highest BCUT2D eigenvalue weighted by atomic mass is 79.9. The van der Waals surface area contributed by atoms with Crippen molar-refractivity contribution < 1.29 is 14.7 Å². The average molecular weight is 455 g/mol. The van der Waals surface area contributed by atoms with Crippen LogP contribution >= 0.6 is 28.1 Å². The second-order valence-corrected chi connectivity index (χ2v) is 7.11. The molecule has 0 saturated heterocycles. The zero-order valence-corrected chi connectivity index (χ0v) is 16.9. The van der Waals surface area contributed by atoms with Crippen LogP contribution in [0.5, 0.6) is 0 Å². The van der Waals surface area contributed by atoms with Crippen LogP contribution < -0.4 is 10.6 Å². The lowest BCUT2D eigenvalue weighted by Crippen LogP contribution is -2.34. The van der Waals surface area contributed by atoms with Gasteiger partial charge in [0.25, 0.3) is 5.91 Å². The van der Waals surface area contributed by atoms with Gasteiger partial charge in [-0.15, -0.1) is 0 Å². The normalized spacial score (nSPS) is 10.2. The highest BCUT2D eigenvalue weighted by Crippen LogP contribution is 2.24. The zero-order valence-electron chi connectivity index (χ0n) is 14.5. The number of carbonyl (C=O) groups is 2. The number of anilines is 1. The number of nitrogens with one attached hydrogen (secondary N) is 2. The number of aromatic carboxylic acids is 1. The lowest BCUT2D eigenvalue weighted by molar-refractivity contribution is 0.0696. The average Bonchev–Trinajstić information content (AvgIpc) is 2.70. The molecule has 0 unspecified atom stereocenters. The molecule has 3 rings (SSSR count). The van der Waals surface area contributed by atoms with Gasteiger partial charge in [0.15, 0.2) is 5.11 Å². The molecule has 28 heavy (non-hydrogen) atoms. The Hall–Kier alpha value is -3.03. The fourth-order valence-corrected chi connectivity index (χ4v) is 3.08. The second-order valence-electron chi connectivity index (χ2n) is 5.85. The summed E-state index contributed by atoms with van der Waals surface area (Å²) in [6, 6.07) is 21.5. The van der Waals surface area contributed by atoms with E-state index in [-0.39, 0.29) is 16.6 Å². The van der Waals surface area contributed by atoms with E-state index in [1.54, 1.807) is 18.2 Å². The first-order valence-corrected chi connectivity index (χ1v) is 9.45. The van der Waals surface area contributed by atoms with E-state index in [1.807, 2.05) is 42.5 Å². The van der Waals surface area contributed by atoms with E-state index in [9.17, 15) is 9.59 Å².